The summed E-state index contributed by atoms with van der Waals surface area (Å²) in [6.45, 7) is 1.95. The highest BCUT2D eigenvalue weighted by molar-refractivity contribution is 7.90. The molecule has 1 aromatic heterocycles. The minimum Gasteiger partial charge on any atom is -0.493 e. The van der Waals surface area contributed by atoms with Gasteiger partial charge >= 0.3 is 0 Å². The topological polar surface area (TPSA) is 115 Å². The van der Waals surface area contributed by atoms with Gasteiger partial charge in [0.05, 0.1) is 16.7 Å². The molecule has 0 saturated heterocycles. The van der Waals surface area contributed by atoms with E-state index in [0.717, 1.165) is 4.31 Å². The third kappa shape index (κ3) is 3.64. The van der Waals surface area contributed by atoms with Crippen LogP contribution in [0.25, 0.3) is 0 Å². The van der Waals surface area contributed by atoms with Crippen LogP contribution in [0.2, 0.25) is 10.0 Å². The van der Waals surface area contributed by atoms with E-state index >= 15 is 0 Å². The zero-order chi connectivity index (χ0) is 22.6. The van der Waals surface area contributed by atoms with Gasteiger partial charge in [-0.2, -0.15) is 0 Å². The summed E-state index contributed by atoms with van der Waals surface area (Å²) in [6.07, 6.45) is 1.62. The summed E-state index contributed by atoms with van der Waals surface area (Å²) in [7, 11) is -2.35. The lowest BCUT2D eigenvalue weighted by Gasteiger charge is -2.40. The van der Waals surface area contributed by atoms with Crippen LogP contribution in [0.4, 0.5) is 0 Å². The van der Waals surface area contributed by atoms with Crippen LogP contribution < -0.4 is 10.5 Å². The molecule has 2 aliphatic rings. The number of hydrogen-bond donors (Lipinski definition) is 1. The number of aliphatic imine (C=N–C) groups is 1. The predicted octanol–water partition coefficient (Wildman–Crippen LogP) is 2.77. The third-order valence-electron chi connectivity index (χ3n) is 5.70. The molecule has 0 spiro atoms. The predicted molar refractivity (Wildman–Crippen MR) is 118 cm³/mol. The number of aromatic nitrogens is 1. The molecule has 1 aromatic carbocycles. The number of hydrogen-bond acceptors (Lipinski definition) is 7. The van der Waals surface area contributed by atoms with Crippen molar-refractivity contribution in [3.05, 3.63) is 57.3 Å². The summed E-state index contributed by atoms with van der Waals surface area (Å²) in [5.74, 6) is 0.127. The van der Waals surface area contributed by atoms with Crippen LogP contribution in [0, 0.1) is 0 Å². The number of carbonyl (C=O) groups excluding carboxylic acids is 1. The maximum absolute atomic E-state index is 13.1. The second-order valence-corrected chi connectivity index (χ2v) is 10.7. The molecular weight excluding hydrogens is 463 g/mol. The number of fused-ring (bicyclic) bond motifs is 3. The molecule has 2 atom stereocenters. The van der Waals surface area contributed by atoms with Gasteiger partial charge in [-0.3, -0.25) is 4.79 Å². The van der Waals surface area contributed by atoms with Gasteiger partial charge in [0.1, 0.15) is 22.2 Å². The van der Waals surface area contributed by atoms with Crippen LogP contribution in [0.3, 0.4) is 0 Å². The Morgan fingerprint density at radius 3 is 2.81 bits per heavy atom. The minimum absolute atomic E-state index is 0.00816. The largest absolute Gasteiger partial charge is 0.493 e. The molecule has 0 aliphatic carbocycles. The number of ether oxygens (including phenoxy) is 1. The van der Waals surface area contributed by atoms with Gasteiger partial charge in [-0.25, -0.2) is 22.7 Å². The first-order valence-electron chi connectivity index (χ1n) is 9.47. The van der Waals surface area contributed by atoms with Gasteiger partial charge in [-0.1, -0.05) is 29.3 Å². The van der Waals surface area contributed by atoms with Gasteiger partial charge < -0.3 is 10.5 Å². The van der Waals surface area contributed by atoms with Gasteiger partial charge in [-0.15, -0.1) is 0 Å². The second kappa shape index (κ2) is 7.65. The summed E-state index contributed by atoms with van der Waals surface area (Å²) < 4.78 is 32.9. The number of nitrogens with two attached hydrogens (primary N) is 1. The van der Waals surface area contributed by atoms with E-state index in [9.17, 15) is 13.2 Å². The molecule has 3 heterocycles. The van der Waals surface area contributed by atoms with E-state index in [1.807, 2.05) is 0 Å². The highest BCUT2D eigenvalue weighted by atomic mass is 35.5. The molecule has 4 rings (SSSR count). The molecule has 164 valence electrons. The Hall–Kier alpha value is -2.36. The molecule has 0 unspecified atom stereocenters. The van der Waals surface area contributed by atoms with Gasteiger partial charge in [-0.05, 0) is 30.7 Å². The zero-order valence-corrected chi connectivity index (χ0v) is 19.1. The molecule has 31 heavy (non-hydrogen) atoms. The number of Topliss-reactive ketones (excluding diaryl/α,β-unsaturated/α-hetero) is 1. The number of benzene rings is 1. The van der Waals surface area contributed by atoms with Crippen molar-refractivity contribution < 1.29 is 17.9 Å². The highest BCUT2D eigenvalue weighted by Gasteiger charge is 2.52. The SMILES string of the molecule is CN1C(N)=N[C@]2(C)c3cc(CC(=O)c4ncc(Cl)cc4Cl)ccc3OCC[C@@H]2S1(=O)=O. The second-order valence-electron chi connectivity index (χ2n) is 7.67. The number of rotatable bonds is 3. The van der Waals surface area contributed by atoms with E-state index in [1.54, 1.807) is 25.1 Å². The summed E-state index contributed by atoms with van der Waals surface area (Å²) in [4.78, 5) is 21.3. The highest BCUT2D eigenvalue weighted by Crippen LogP contribution is 2.45. The Balaban J connectivity index is 1.76. The summed E-state index contributed by atoms with van der Waals surface area (Å²) in [6, 6.07) is 6.67. The number of nitrogens with zero attached hydrogens (tertiary/aromatic N) is 3. The first kappa shape index (κ1) is 21.9. The van der Waals surface area contributed by atoms with Crippen LogP contribution in [0.5, 0.6) is 5.75 Å². The van der Waals surface area contributed by atoms with E-state index in [2.05, 4.69) is 9.98 Å². The summed E-state index contributed by atoms with van der Waals surface area (Å²) in [5, 5.41) is -0.347. The van der Waals surface area contributed by atoms with Gasteiger partial charge in [0.15, 0.2) is 5.78 Å². The molecule has 11 heteroatoms. The molecule has 0 radical (unpaired) electrons. The first-order chi connectivity index (χ1) is 14.5. The van der Waals surface area contributed by atoms with E-state index in [1.165, 1.54) is 19.3 Å². The van der Waals surface area contributed by atoms with Crippen molar-refractivity contribution in [2.75, 3.05) is 13.7 Å². The lowest BCUT2D eigenvalue weighted by Crippen LogP contribution is -2.56. The quantitative estimate of drug-likeness (QED) is 0.672. The van der Waals surface area contributed by atoms with Crippen molar-refractivity contribution in [3.63, 3.8) is 0 Å². The molecule has 0 amide bonds. The lowest BCUT2D eigenvalue weighted by molar-refractivity contribution is 0.0988. The van der Waals surface area contributed by atoms with E-state index in [0.29, 0.717) is 21.9 Å². The van der Waals surface area contributed by atoms with E-state index < -0.39 is 20.8 Å². The number of pyridine rings is 1. The molecular formula is C20H20Cl2N4O4S. The van der Waals surface area contributed by atoms with Crippen LogP contribution in [0.15, 0.2) is 35.5 Å². The first-order valence-corrected chi connectivity index (χ1v) is 11.7. The Morgan fingerprint density at radius 2 is 2.10 bits per heavy atom. The maximum Gasteiger partial charge on any atom is 0.242 e. The van der Waals surface area contributed by atoms with Crippen LogP contribution >= 0.6 is 23.2 Å². The Kier molecular flexibility index (Phi) is 5.39. The van der Waals surface area contributed by atoms with E-state index in [-0.39, 0.29) is 41.9 Å². The normalized spacial score (nSPS) is 24.3. The van der Waals surface area contributed by atoms with Crippen molar-refractivity contribution >= 4 is 45.0 Å². The van der Waals surface area contributed by atoms with Crippen LogP contribution in [-0.2, 0) is 22.0 Å². The van der Waals surface area contributed by atoms with E-state index in [4.69, 9.17) is 33.7 Å². The summed E-state index contributed by atoms with van der Waals surface area (Å²) >= 11 is 12.0. The number of carbonyl (C=O) groups is 1. The average molecular weight is 483 g/mol. The van der Waals surface area contributed by atoms with Crippen molar-refractivity contribution in [3.8, 4) is 5.75 Å². The number of sulfonamides is 1. The molecule has 0 saturated carbocycles. The summed E-state index contributed by atoms with van der Waals surface area (Å²) in [5.41, 5.74) is 6.12. The van der Waals surface area contributed by atoms with Crippen molar-refractivity contribution in [2.24, 2.45) is 10.7 Å². The standard InChI is InChI=1S/C20H20Cl2N4O4S/c1-20-13-7-11(8-15(27)18-14(22)9-12(21)10-24-18)3-4-16(13)30-6-5-17(20)31(28,29)26(2)19(23)25-20/h3-4,7,9-10,17H,5-6,8H2,1-2H3,(H2,23,25)/t17-,20+/m0/s1. The fourth-order valence-corrected chi connectivity index (χ4v) is 6.35. The molecule has 0 bridgehead atoms. The van der Waals surface area contributed by atoms with Crippen molar-refractivity contribution in [1.82, 2.24) is 9.29 Å². The van der Waals surface area contributed by atoms with Gasteiger partial charge in [0.2, 0.25) is 16.0 Å². The fourth-order valence-electron chi connectivity index (χ4n) is 4.03. The Morgan fingerprint density at radius 1 is 1.35 bits per heavy atom. The Labute approximate surface area is 190 Å². The number of guanidine groups is 1. The van der Waals surface area contributed by atoms with Crippen LogP contribution in [-0.4, -0.2) is 48.4 Å². The lowest BCUT2D eigenvalue weighted by atomic mass is 9.85. The van der Waals surface area contributed by atoms with Crippen molar-refractivity contribution in [1.29, 1.82) is 0 Å². The van der Waals surface area contributed by atoms with Crippen LogP contribution in [0.1, 0.15) is 35.0 Å². The number of halogens is 2. The van der Waals surface area contributed by atoms with Gasteiger partial charge in [0.25, 0.3) is 0 Å². The number of ketones is 1. The monoisotopic (exact) mass is 482 g/mol. The molecule has 2 N–H and O–H groups in total. The fraction of sp³-hybridized carbons (Fsp3) is 0.350. The Bertz CT molecular complexity index is 1220. The van der Waals surface area contributed by atoms with Gasteiger partial charge in [0, 0.05) is 31.6 Å². The minimum atomic E-state index is -3.73. The third-order valence-corrected chi connectivity index (χ3v) is 8.56. The zero-order valence-electron chi connectivity index (χ0n) is 16.8. The average Bonchev–Trinajstić information content (AvgIpc) is 2.83. The smallest absolute Gasteiger partial charge is 0.242 e. The maximum atomic E-state index is 13.1. The molecule has 0 fully saturated rings. The molecule has 2 aliphatic heterocycles. The molecule has 2 aromatic rings. The van der Waals surface area contributed by atoms with Crippen molar-refractivity contribution in [2.45, 2.75) is 30.6 Å². The molecule has 8 nitrogen and oxygen atoms in total.